The second kappa shape index (κ2) is 6.57. The number of para-hydroxylation sites is 2. The molecule has 0 unspecified atom stereocenters. The first-order valence-corrected chi connectivity index (χ1v) is 5.31. The highest BCUT2D eigenvalue weighted by molar-refractivity contribution is 6.18. The first-order valence-electron chi connectivity index (χ1n) is 5.31. The number of benzene rings is 2. The van der Waals surface area contributed by atoms with Crippen molar-refractivity contribution in [2.75, 3.05) is 11.0 Å². The van der Waals surface area contributed by atoms with E-state index in [2.05, 4.69) is 11.0 Å². The molecule has 0 aliphatic carbocycles. The van der Waals surface area contributed by atoms with E-state index in [-0.39, 0.29) is 7.69 Å². The molecule has 0 saturated carbocycles. The lowest BCUT2D eigenvalue weighted by Crippen LogP contribution is -2.13. The molecule has 0 amide bonds. The molecule has 0 heterocycles. The van der Waals surface area contributed by atoms with Crippen LogP contribution in [0, 0.1) is 0 Å². The average Bonchev–Trinajstić information content (AvgIpc) is 2.41. The summed E-state index contributed by atoms with van der Waals surface area (Å²) in [5, 5.41) is 0. The van der Waals surface area contributed by atoms with E-state index in [0.29, 0.717) is 0 Å². The van der Waals surface area contributed by atoms with Crippen LogP contribution in [0.4, 0.5) is 11.4 Å². The molecule has 5 heteroatoms. The summed E-state index contributed by atoms with van der Waals surface area (Å²) in [5.74, 6) is 0. The Bertz CT molecular complexity index is 384. The van der Waals surface area contributed by atoms with Gasteiger partial charge in [-0.25, -0.2) is 0 Å². The summed E-state index contributed by atoms with van der Waals surface area (Å²) in [4.78, 5) is 0. The SMILES string of the molecule is B(ONc1ccccc1)ONc1ccccc1. The van der Waals surface area contributed by atoms with Gasteiger partial charge in [-0.3, -0.25) is 11.0 Å². The molecule has 17 heavy (non-hydrogen) atoms. The predicted octanol–water partition coefficient (Wildman–Crippen LogP) is 2.34. The van der Waals surface area contributed by atoms with Gasteiger partial charge in [-0.15, -0.1) is 0 Å². The number of hydrogen-bond acceptors (Lipinski definition) is 4. The van der Waals surface area contributed by atoms with Crippen molar-refractivity contribution in [3.63, 3.8) is 0 Å². The lowest BCUT2D eigenvalue weighted by atomic mass is 10.3. The van der Waals surface area contributed by atoms with E-state index in [1.54, 1.807) is 0 Å². The monoisotopic (exact) mass is 228 g/mol. The lowest BCUT2D eigenvalue weighted by molar-refractivity contribution is 0.301. The molecule has 0 saturated heterocycles. The highest BCUT2D eigenvalue weighted by atomic mass is 16.7. The molecule has 0 aromatic heterocycles. The zero-order valence-electron chi connectivity index (χ0n) is 9.30. The van der Waals surface area contributed by atoms with Gasteiger partial charge in [0.05, 0.1) is 11.4 Å². The van der Waals surface area contributed by atoms with Gasteiger partial charge in [-0.1, -0.05) is 36.4 Å². The Morgan fingerprint density at radius 2 is 1.06 bits per heavy atom. The Kier molecular flexibility index (Phi) is 4.45. The zero-order chi connectivity index (χ0) is 11.8. The number of hydrogen-bond donors (Lipinski definition) is 2. The highest BCUT2D eigenvalue weighted by Gasteiger charge is 1.94. The van der Waals surface area contributed by atoms with Crippen LogP contribution in [0.15, 0.2) is 60.7 Å². The first kappa shape index (κ1) is 11.5. The van der Waals surface area contributed by atoms with E-state index in [0.717, 1.165) is 11.4 Å². The fraction of sp³-hybridized carbons (Fsp3) is 0. The summed E-state index contributed by atoms with van der Waals surface area (Å²) in [5.41, 5.74) is 7.30. The van der Waals surface area contributed by atoms with Gasteiger partial charge in [-0.2, -0.15) is 0 Å². The van der Waals surface area contributed by atoms with Crippen LogP contribution in [0.25, 0.3) is 0 Å². The first-order chi connectivity index (χ1) is 8.45. The second-order valence-electron chi connectivity index (χ2n) is 3.34. The number of anilines is 2. The largest absolute Gasteiger partial charge is 0.487 e. The van der Waals surface area contributed by atoms with Gasteiger partial charge < -0.3 is 9.51 Å². The minimum Gasteiger partial charge on any atom is -0.303 e. The maximum Gasteiger partial charge on any atom is 0.487 e. The van der Waals surface area contributed by atoms with Crippen LogP contribution in [-0.4, -0.2) is 7.69 Å². The average molecular weight is 228 g/mol. The van der Waals surface area contributed by atoms with Crippen LogP contribution in [-0.2, 0) is 9.51 Å². The maximum absolute atomic E-state index is 5.11. The van der Waals surface area contributed by atoms with E-state index in [9.17, 15) is 0 Å². The Labute approximate surface area is 101 Å². The van der Waals surface area contributed by atoms with E-state index in [1.165, 1.54) is 0 Å². The molecule has 2 rings (SSSR count). The molecule has 2 N–H and O–H groups in total. The van der Waals surface area contributed by atoms with Gasteiger partial charge in [0, 0.05) is 0 Å². The van der Waals surface area contributed by atoms with Crippen molar-refractivity contribution in [2.45, 2.75) is 0 Å². The maximum atomic E-state index is 5.11. The van der Waals surface area contributed by atoms with Gasteiger partial charge in [-0.05, 0) is 24.3 Å². The van der Waals surface area contributed by atoms with Crippen molar-refractivity contribution in [3.8, 4) is 0 Å². The minimum absolute atomic E-state index is 0.101. The van der Waals surface area contributed by atoms with Crippen molar-refractivity contribution in [3.05, 3.63) is 60.7 Å². The predicted molar refractivity (Wildman–Crippen MR) is 69.4 cm³/mol. The van der Waals surface area contributed by atoms with Gasteiger partial charge in [0.15, 0.2) is 0 Å². The smallest absolute Gasteiger partial charge is 0.303 e. The Balaban J connectivity index is 1.61. The number of rotatable bonds is 6. The van der Waals surface area contributed by atoms with Crippen LogP contribution in [0.5, 0.6) is 0 Å². The molecule has 0 aliphatic rings. The van der Waals surface area contributed by atoms with Crippen molar-refractivity contribution in [1.82, 2.24) is 0 Å². The molecule has 0 fully saturated rings. The Hall–Kier alpha value is -1.98. The van der Waals surface area contributed by atoms with E-state index in [1.807, 2.05) is 60.7 Å². The summed E-state index contributed by atoms with van der Waals surface area (Å²) in [6.45, 7) is 0. The van der Waals surface area contributed by atoms with Gasteiger partial charge >= 0.3 is 7.69 Å². The molecular formula is C12H13BN2O2. The summed E-state index contributed by atoms with van der Waals surface area (Å²) >= 11 is 0. The van der Waals surface area contributed by atoms with Gasteiger partial charge in [0.2, 0.25) is 0 Å². The zero-order valence-corrected chi connectivity index (χ0v) is 9.30. The standard InChI is InChI=1S/C12H13BN2O2/c1-3-7-11(8-4-1)14-16-13-17-15-12-9-5-2-6-10-12/h1-10,13-15H. The van der Waals surface area contributed by atoms with Crippen LogP contribution in [0.1, 0.15) is 0 Å². The van der Waals surface area contributed by atoms with E-state index < -0.39 is 0 Å². The normalized spacial score (nSPS) is 9.65. The van der Waals surface area contributed by atoms with Gasteiger partial charge in [0.1, 0.15) is 0 Å². The molecule has 86 valence electrons. The topological polar surface area (TPSA) is 42.5 Å². The van der Waals surface area contributed by atoms with E-state index in [4.69, 9.17) is 9.51 Å². The van der Waals surface area contributed by atoms with Crippen molar-refractivity contribution < 1.29 is 9.51 Å². The molecule has 0 radical (unpaired) electrons. The molecule has 4 nitrogen and oxygen atoms in total. The fourth-order valence-electron chi connectivity index (χ4n) is 1.27. The molecule has 0 spiro atoms. The fourth-order valence-corrected chi connectivity index (χ4v) is 1.27. The molecule has 2 aromatic rings. The third-order valence-electron chi connectivity index (χ3n) is 2.05. The molecule has 0 atom stereocenters. The number of nitrogens with one attached hydrogen (secondary N) is 2. The highest BCUT2D eigenvalue weighted by Crippen LogP contribution is 2.05. The van der Waals surface area contributed by atoms with Crippen LogP contribution in [0.2, 0.25) is 0 Å². The van der Waals surface area contributed by atoms with Crippen LogP contribution in [0.3, 0.4) is 0 Å². The summed E-state index contributed by atoms with van der Waals surface area (Å²) < 4.78 is 10.2. The quantitative estimate of drug-likeness (QED) is 0.452. The van der Waals surface area contributed by atoms with Crippen molar-refractivity contribution in [1.29, 1.82) is 0 Å². The third kappa shape index (κ3) is 4.18. The van der Waals surface area contributed by atoms with Crippen LogP contribution < -0.4 is 11.0 Å². The lowest BCUT2D eigenvalue weighted by Gasteiger charge is -2.07. The van der Waals surface area contributed by atoms with Gasteiger partial charge in [0.25, 0.3) is 0 Å². The minimum atomic E-state index is 0.101. The Morgan fingerprint density at radius 1 is 0.647 bits per heavy atom. The van der Waals surface area contributed by atoms with Crippen molar-refractivity contribution in [2.24, 2.45) is 0 Å². The summed E-state index contributed by atoms with van der Waals surface area (Å²) in [6.07, 6.45) is 0. The summed E-state index contributed by atoms with van der Waals surface area (Å²) in [7, 11) is 0.101. The molecular weight excluding hydrogens is 215 g/mol. The van der Waals surface area contributed by atoms with Crippen LogP contribution >= 0.6 is 0 Å². The third-order valence-corrected chi connectivity index (χ3v) is 2.05. The summed E-state index contributed by atoms with van der Waals surface area (Å²) in [6, 6.07) is 19.2. The molecule has 0 aliphatic heterocycles. The molecule has 0 bridgehead atoms. The Morgan fingerprint density at radius 3 is 1.47 bits per heavy atom. The van der Waals surface area contributed by atoms with E-state index >= 15 is 0 Å². The molecule has 2 aromatic carbocycles. The van der Waals surface area contributed by atoms with Crippen molar-refractivity contribution >= 4 is 19.1 Å². The second-order valence-corrected chi connectivity index (χ2v) is 3.34.